The van der Waals surface area contributed by atoms with Crippen molar-refractivity contribution >= 4 is 39.3 Å². The average Bonchev–Trinajstić information content (AvgIpc) is 2.82. The van der Waals surface area contributed by atoms with Crippen molar-refractivity contribution in [1.82, 2.24) is 0 Å². The van der Waals surface area contributed by atoms with Gasteiger partial charge in [0.2, 0.25) is 0 Å². The molecule has 4 atom stereocenters. The highest BCUT2D eigenvalue weighted by molar-refractivity contribution is 7.96. The quantitative estimate of drug-likeness (QED) is 0.281. The van der Waals surface area contributed by atoms with Gasteiger partial charge in [-0.3, -0.25) is 0 Å². The van der Waals surface area contributed by atoms with E-state index in [1.807, 2.05) is 0 Å². The van der Waals surface area contributed by atoms with Crippen LogP contribution in [-0.4, -0.2) is 77.7 Å². The van der Waals surface area contributed by atoms with Gasteiger partial charge in [0, 0.05) is 0 Å². The van der Waals surface area contributed by atoms with Gasteiger partial charge < -0.3 is 0 Å². The van der Waals surface area contributed by atoms with Crippen LogP contribution < -0.4 is 0 Å². The van der Waals surface area contributed by atoms with Crippen LogP contribution in [0, 0.1) is 0 Å². The van der Waals surface area contributed by atoms with Crippen molar-refractivity contribution in [1.29, 1.82) is 0 Å². The molecule has 0 aromatic rings. The van der Waals surface area contributed by atoms with E-state index in [0.717, 1.165) is 0 Å². The van der Waals surface area contributed by atoms with E-state index >= 15 is 0 Å². The highest BCUT2D eigenvalue weighted by atomic mass is 32.2. The molecule has 0 aliphatic rings. The lowest BCUT2D eigenvalue weighted by atomic mass is 10.4. The van der Waals surface area contributed by atoms with Crippen molar-refractivity contribution in [2.24, 2.45) is 0 Å². The molecule has 0 bridgehead atoms. The van der Waals surface area contributed by atoms with Crippen LogP contribution in [0.3, 0.4) is 0 Å². The SMILES string of the molecule is CC=CCS(=O)(=O)C(C)C(C)S(=O)(=O)CC=CC.CC=CCS(=O)(=O)C(C)C(C)S(=O)(=O)CC=CC. The summed E-state index contributed by atoms with van der Waals surface area (Å²) in [6.45, 7) is 12.7. The highest BCUT2D eigenvalue weighted by Crippen LogP contribution is 2.17. The Morgan fingerprint density at radius 2 is 0.528 bits per heavy atom. The first-order valence-electron chi connectivity index (χ1n) is 11.7. The monoisotopic (exact) mass is 588 g/mol. The number of hydrogen-bond donors (Lipinski definition) is 0. The predicted octanol–water partition coefficient (Wildman–Crippen LogP) is 3.49. The Hall–Kier alpha value is -1.24. The molecule has 0 saturated heterocycles. The molecule has 212 valence electrons. The molecule has 0 heterocycles. The van der Waals surface area contributed by atoms with Gasteiger partial charge in [-0.05, 0) is 55.4 Å². The Labute approximate surface area is 220 Å². The molecule has 12 heteroatoms. The Balaban J connectivity index is 0. The van der Waals surface area contributed by atoms with Crippen molar-refractivity contribution in [2.45, 2.75) is 76.4 Å². The van der Waals surface area contributed by atoms with Crippen molar-refractivity contribution in [3.8, 4) is 0 Å². The highest BCUT2D eigenvalue weighted by Gasteiger charge is 2.34. The van der Waals surface area contributed by atoms with E-state index in [1.165, 1.54) is 52.0 Å². The summed E-state index contributed by atoms with van der Waals surface area (Å²) in [4.78, 5) is 0. The summed E-state index contributed by atoms with van der Waals surface area (Å²) in [6, 6.07) is 0. The maximum atomic E-state index is 11.9. The minimum atomic E-state index is -3.42. The van der Waals surface area contributed by atoms with Gasteiger partial charge in [-0.2, -0.15) is 0 Å². The Morgan fingerprint density at radius 1 is 0.389 bits per heavy atom. The third kappa shape index (κ3) is 12.8. The van der Waals surface area contributed by atoms with Gasteiger partial charge in [-0.25, -0.2) is 33.7 Å². The Bertz CT molecular complexity index is 996. The maximum Gasteiger partial charge on any atom is 0.157 e. The molecule has 0 aromatic heterocycles. The fraction of sp³-hybridized carbons (Fsp3) is 0.667. The molecule has 0 aliphatic carbocycles. The van der Waals surface area contributed by atoms with Gasteiger partial charge in [-0.15, -0.1) is 0 Å². The predicted molar refractivity (Wildman–Crippen MR) is 152 cm³/mol. The molecule has 0 rings (SSSR count). The van der Waals surface area contributed by atoms with Crippen LogP contribution in [0.4, 0.5) is 0 Å². The van der Waals surface area contributed by atoms with Gasteiger partial charge in [0.1, 0.15) is 0 Å². The molecule has 0 amide bonds. The molecule has 0 aromatic carbocycles. The normalized spacial score (nSPS) is 17.3. The van der Waals surface area contributed by atoms with E-state index in [1.54, 1.807) is 52.0 Å². The van der Waals surface area contributed by atoms with Gasteiger partial charge in [0.15, 0.2) is 39.3 Å². The molecule has 0 fully saturated rings. The minimum absolute atomic E-state index is 0.117. The van der Waals surface area contributed by atoms with Crippen LogP contribution in [-0.2, 0) is 39.3 Å². The van der Waals surface area contributed by atoms with Gasteiger partial charge in [-0.1, -0.05) is 48.6 Å². The van der Waals surface area contributed by atoms with E-state index in [0.29, 0.717) is 0 Å². The zero-order valence-electron chi connectivity index (χ0n) is 22.7. The third-order valence-electron chi connectivity index (χ3n) is 5.84. The molecule has 0 spiro atoms. The summed E-state index contributed by atoms with van der Waals surface area (Å²) < 4.78 is 95.3. The molecular weight excluding hydrogens is 545 g/mol. The van der Waals surface area contributed by atoms with Gasteiger partial charge in [0.25, 0.3) is 0 Å². The second-order valence-corrected chi connectivity index (χ2v) is 18.0. The number of allylic oxidation sites excluding steroid dienone is 4. The molecule has 0 saturated carbocycles. The third-order valence-corrected chi connectivity index (χ3v) is 15.0. The summed E-state index contributed by atoms with van der Waals surface area (Å²) in [6.07, 6.45) is 12.7. The molecular formula is C24H44O8S4. The lowest BCUT2D eigenvalue weighted by Crippen LogP contribution is -2.37. The number of sulfone groups is 4. The first-order chi connectivity index (χ1) is 16.4. The topological polar surface area (TPSA) is 137 Å². The molecule has 8 nitrogen and oxygen atoms in total. The second kappa shape index (κ2) is 16.6. The van der Waals surface area contributed by atoms with Crippen molar-refractivity contribution < 1.29 is 33.7 Å². The average molecular weight is 589 g/mol. The van der Waals surface area contributed by atoms with Crippen molar-refractivity contribution in [3.05, 3.63) is 48.6 Å². The summed E-state index contributed by atoms with van der Waals surface area (Å²) in [7, 11) is -13.7. The summed E-state index contributed by atoms with van der Waals surface area (Å²) in [5.74, 6) is -0.468. The van der Waals surface area contributed by atoms with E-state index in [9.17, 15) is 33.7 Å². The summed E-state index contributed by atoms with van der Waals surface area (Å²) >= 11 is 0. The van der Waals surface area contributed by atoms with Crippen molar-refractivity contribution in [3.63, 3.8) is 0 Å². The lowest BCUT2D eigenvalue weighted by molar-refractivity contribution is 0.565. The zero-order chi connectivity index (χ0) is 28.8. The Morgan fingerprint density at radius 3 is 0.639 bits per heavy atom. The first-order valence-corrected chi connectivity index (χ1v) is 18.5. The summed E-state index contributed by atoms with van der Waals surface area (Å²) in [5.41, 5.74) is 0. The number of hydrogen-bond acceptors (Lipinski definition) is 8. The Kier molecular flexibility index (Phi) is 17.0. The van der Waals surface area contributed by atoms with Crippen LogP contribution in [0.15, 0.2) is 48.6 Å². The first kappa shape index (κ1) is 36.9. The molecule has 0 N–H and O–H groups in total. The van der Waals surface area contributed by atoms with Gasteiger partial charge in [0.05, 0.1) is 44.0 Å². The van der Waals surface area contributed by atoms with E-state index < -0.39 is 60.3 Å². The molecule has 0 radical (unpaired) electrons. The zero-order valence-corrected chi connectivity index (χ0v) is 25.9. The van der Waals surface area contributed by atoms with Gasteiger partial charge >= 0.3 is 0 Å². The van der Waals surface area contributed by atoms with Crippen LogP contribution in [0.1, 0.15) is 55.4 Å². The molecule has 4 unspecified atom stereocenters. The summed E-state index contributed by atoms with van der Waals surface area (Å²) in [5, 5.41) is -3.60. The minimum Gasteiger partial charge on any atom is -0.228 e. The van der Waals surface area contributed by atoms with Crippen LogP contribution in [0.5, 0.6) is 0 Å². The van der Waals surface area contributed by atoms with Crippen LogP contribution >= 0.6 is 0 Å². The molecule has 0 aliphatic heterocycles. The lowest BCUT2D eigenvalue weighted by Gasteiger charge is -2.19. The second-order valence-electron chi connectivity index (χ2n) is 8.41. The standard InChI is InChI=1S/2C12H22O4S2/c2*1-5-7-9-17(13,14)11(3)12(4)18(15,16)10-8-6-2/h2*5-8,11-12H,9-10H2,1-4H3. The largest absolute Gasteiger partial charge is 0.228 e. The van der Waals surface area contributed by atoms with Crippen LogP contribution in [0.25, 0.3) is 0 Å². The maximum absolute atomic E-state index is 11.9. The molecule has 36 heavy (non-hydrogen) atoms. The fourth-order valence-corrected chi connectivity index (χ4v) is 10.1. The van der Waals surface area contributed by atoms with E-state index in [4.69, 9.17) is 0 Å². The van der Waals surface area contributed by atoms with Crippen LogP contribution in [0.2, 0.25) is 0 Å². The van der Waals surface area contributed by atoms with E-state index in [-0.39, 0.29) is 23.0 Å². The fourth-order valence-electron chi connectivity index (χ4n) is 2.70. The van der Waals surface area contributed by atoms with E-state index in [2.05, 4.69) is 0 Å². The van der Waals surface area contributed by atoms with Crippen molar-refractivity contribution in [2.75, 3.05) is 23.0 Å². The number of rotatable bonds is 14. The smallest absolute Gasteiger partial charge is 0.157 e.